The van der Waals surface area contributed by atoms with E-state index in [1.807, 2.05) is 91.0 Å². The van der Waals surface area contributed by atoms with Crippen molar-refractivity contribution in [2.24, 2.45) is 0 Å². The number of carbonyl (C=O) groups is 4. The number of ketones is 4. The van der Waals surface area contributed by atoms with E-state index in [-0.39, 0.29) is 45.9 Å². The Hall–Kier alpha value is -11.7. The van der Waals surface area contributed by atoms with Crippen LogP contribution in [0.15, 0.2) is 170 Å². The summed E-state index contributed by atoms with van der Waals surface area (Å²) >= 11 is 0. The van der Waals surface area contributed by atoms with Gasteiger partial charge in [0.25, 0.3) is 17.3 Å². The van der Waals surface area contributed by atoms with Crippen molar-refractivity contribution in [3.05, 3.63) is 208 Å². The van der Waals surface area contributed by atoms with Crippen LogP contribution in [0.25, 0.3) is 100 Å². The van der Waals surface area contributed by atoms with Gasteiger partial charge in [-0.3, -0.25) is 33.7 Å². The Morgan fingerprint density at radius 3 is 1.38 bits per heavy atom. The number of phenolic OH excluding ortho intramolecular Hbond substituents is 2. The summed E-state index contributed by atoms with van der Waals surface area (Å²) in [6.45, 7) is 0.339. The Kier molecular flexibility index (Phi) is 12.5. The zero-order valence-electron chi connectivity index (χ0n) is 43.5. The molecule has 0 aliphatic heterocycles. The Bertz CT molecular complexity index is 4590. The monoisotopic (exact) mass is 1090 g/mol. The van der Waals surface area contributed by atoms with Gasteiger partial charge in [-0.05, 0) is 5.56 Å². The molecule has 0 saturated carbocycles. The molecule has 0 radical (unpaired) electrons. The molecule has 400 valence electrons. The van der Waals surface area contributed by atoms with Gasteiger partial charge in [-0.2, -0.15) is 0 Å². The van der Waals surface area contributed by atoms with Gasteiger partial charge in [0.1, 0.15) is 52.3 Å². The van der Waals surface area contributed by atoms with Crippen LogP contribution in [0.4, 0.5) is 15.8 Å². The lowest BCUT2D eigenvalue weighted by atomic mass is 9.90. The van der Waals surface area contributed by atoms with Crippen LogP contribution in [0.2, 0.25) is 0 Å². The number of nitrogen functional groups attached to an aromatic ring is 1. The Balaban J connectivity index is 0.000000121. The van der Waals surface area contributed by atoms with Gasteiger partial charge >= 0.3 is 0 Å². The highest BCUT2D eigenvalue weighted by molar-refractivity contribution is 6.53. The number of halogens is 1. The molecule has 0 saturated heterocycles. The van der Waals surface area contributed by atoms with Crippen LogP contribution in [0.5, 0.6) is 17.2 Å². The maximum atomic E-state index is 12.5. The molecule has 19 nitrogen and oxygen atoms in total. The maximum Gasteiger partial charge on any atom is 0.296 e. The van der Waals surface area contributed by atoms with Gasteiger partial charge in [0, 0.05) is 66.7 Å². The summed E-state index contributed by atoms with van der Waals surface area (Å²) in [7, 11) is -1.00. The quantitative estimate of drug-likeness (QED) is 0.0353. The fourth-order valence-electron chi connectivity index (χ4n) is 10.2. The van der Waals surface area contributed by atoms with Gasteiger partial charge in [-0.15, -0.1) is 0 Å². The van der Waals surface area contributed by atoms with Crippen LogP contribution in [-0.2, 0) is 6.61 Å². The highest BCUT2D eigenvalue weighted by atomic mass is 19.1. The Morgan fingerprint density at radius 1 is 0.524 bits per heavy atom. The molecule has 15 rings (SSSR count). The number of hydrogen-bond acceptors (Lipinski definition) is 14. The standard InChI is InChI=1S/C22H10N4O4.C22H14N4O2.C17H14N2O3.CH3F/c27-17-11-7-3-1-5-9(11)13-15(19(17)29)25-21(23-13)22-24-14-10-6-2-4-8-12(10)18(28)20(30)16(14)26-22;27-17-9-15-19(13-7-3-1-5-11(13)17)25-21(23-15)22-24-16-10-18(28)12-6-2-4-8-14(12)20(16)26-22;18-17-14-9-5-4-8-13(14)16(10-15(17)19(20)21)22-11-12-6-2-1-3-7-12;1-2/h1-8H,(H,23,25)(H,24,26);1-10,27-28H,(H,23,25)(H,24,26);1-10H,11,18H2;1H3/i;;;1D. The second-order valence-electron chi connectivity index (χ2n) is 18.8. The van der Waals surface area contributed by atoms with Crippen molar-refractivity contribution in [3.8, 4) is 63.1 Å². The molecule has 0 bridgehead atoms. The molecule has 4 heterocycles. The van der Waals surface area contributed by atoms with Crippen molar-refractivity contribution >= 4 is 88.9 Å². The smallest absolute Gasteiger partial charge is 0.296 e. The summed E-state index contributed by atoms with van der Waals surface area (Å²) in [6.07, 6.45) is 0. The number of nitrogens with two attached hydrogens (primary N) is 1. The number of alkyl halides is 1. The summed E-state index contributed by atoms with van der Waals surface area (Å²) in [4.78, 5) is 91.1. The van der Waals surface area contributed by atoms with Gasteiger partial charge in [-0.1, -0.05) is 152 Å². The lowest BCUT2D eigenvalue weighted by Gasteiger charge is -2.11. The van der Waals surface area contributed by atoms with Gasteiger partial charge in [0.15, 0.2) is 23.3 Å². The number of anilines is 1. The third kappa shape index (κ3) is 8.73. The minimum absolute atomic E-state index is 0.0749. The van der Waals surface area contributed by atoms with Crippen molar-refractivity contribution < 1.29 is 44.8 Å². The molecular formula is C62H41FN10O9. The number of Topliss-reactive ketones (excluding diaryl/α,β-unsaturated/α-hetero) is 4. The second kappa shape index (κ2) is 20.6. The highest BCUT2D eigenvalue weighted by Gasteiger charge is 2.37. The van der Waals surface area contributed by atoms with E-state index in [1.54, 1.807) is 72.8 Å². The van der Waals surface area contributed by atoms with Crippen molar-refractivity contribution in [2.75, 3.05) is 12.9 Å². The summed E-state index contributed by atoms with van der Waals surface area (Å²) in [5.41, 5.74) is 12.5. The molecular weight excluding hydrogens is 1050 g/mol. The van der Waals surface area contributed by atoms with Crippen molar-refractivity contribution in [2.45, 2.75) is 6.61 Å². The van der Waals surface area contributed by atoms with E-state index >= 15 is 0 Å². The number of hydrogen-bond donors (Lipinski definition) is 7. The molecule has 82 heavy (non-hydrogen) atoms. The van der Waals surface area contributed by atoms with Crippen LogP contribution in [0.1, 0.15) is 48.6 Å². The number of nitro groups is 1. The Labute approximate surface area is 462 Å². The number of aromatic nitrogens is 8. The molecule has 0 atom stereocenters. The minimum atomic E-state index is -1.00. The average molecular weight is 1090 g/mol. The van der Waals surface area contributed by atoms with E-state index in [2.05, 4.69) is 29.9 Å². The number of nitrogens with one attached hydrogen (secondary N) is 4. The molecule has 0 unspecified atom stereocenters. The lowest BCUT2D eigenvalue weighted by Crippen LogP contribution is -2.21. The predicted molar refractivity (Wildman–Crippen MR) is 307 cm³/mol. The van der Waals surface area contributed by atoms with Crippen LogP contribution >= 0.6 is 0 Å². The van der Waals surface area contributed by atoms with Crippen LogP contribution in [-0.4, -0.2) is 85.3 Å². The van der Waals surface area contributed by atoms with Gasteiger partial charge < -0.3 is 40.6 Å². The van der Waals surface area contributed by atoms with E-state index in [0.29, 0.717) is 63.0 Å². The molecule has 8 N–H and O–H groups in total. The SMILES string of the molecule is Nc1c([N+](=O)[O-])cc(OCc2ccccc2)c2ccccc12.O=C1C(=O)c2[nH]c(-c3nc4c([nH]3)C(=O)C(=O)c3ccccc3-4)nc2-c2ccccc21.Oc1cc2[nH]c(-c3nc4c(cc(O)c5ccccc54)[nH]3)nc2c2ccccc12.[2H]CF. The third-order valence-corrected chi connectivity index (χ3v) is 14.0. The van der Waals surface area contributed by atoms with Crippen LogP contribution in [0.3, 0.4) is 0 Å². The fourth-order valence-corrected chi connectivity index (χ4v) is 10.2. The number of imidazole rings is 4. The van der Waals surface area contributed by atoms with Crippen molar-refractivity contribution in [1.82, 2.24) is 39.9 Å². The second-order valence-corrected chi connectivity index (χ2v) is 18.8. The van der Waals surface area contributed by atoms with Crippen molar-refractivity contribution in [1.29, 1.82) is 0 Å². The number of nitro benzene ring substituents is 1. The van der Waals surface area contributed by atoms with Gasteiger partial charge in [0.2, 0.25) is 11.6 Å². The van der Waals surface area contributed by atoms with Gasteiger partial charge in [0.05, 0.1) is 41.6 Å². The molecule has 13 aromatic rings. The maximum absolute atomic E-state index is 12.5. The lowest BCUT2D eigenvalue weighted by molar-refractivity contribution is -0.383. The number of ether oxygens (including phenoxy) is 1. The molecule has 0 amide bonds. The first-order valence-corrected chi connectivity index (χ1v) is 25.1. The molecule has 0 fully saturated rings. The topological polar surface area (TPSA) is 302 Å². The van der Waals surface area contributed by atoms with E-state index < -0.39 is 35.2 Å². The summed E-state index contributed by atoms with van der Waals surface area (Å²) in [5, 5.41) is 36.4. The molecule has 20 heteroatoms. The number of phenols is 2. The van der Waals surface area contributed by atoms with Crippen LogP contribution < -0.4 is 10.5 Å². The van der Waals surface area contributed by atoms with E-state index in [9.17, 15) is 43.9 Å². The number of fused-ring (bicyclic) bond motifs is 13. The first-order chi connectivity index (χ1) is 40.3. The number of rotatable bonds is 6. The molecule has 2 aliphatic carbocycles. The average Bonchev–Trinajstić information content (AvgIpc) is 4.05. The summed E-state index contributed by atoms with van der Waals surface area (Å²) in [5.74, 6) is -0.168. The first kappa shape index (κ1) is 49.9. The molecule has 9 aromatic carbocycles. The number of benzene rings is 9. The third-order valence-electron chi connectivity index (χ3n) is 14.0. The minimum Gasteiger partial charge on any atom is -0.507 e. The molecule has 2 aliphatic rings. The number of carbonyl (C=O) groups excluding carboxylic acids is 4. The van der Waals surface area contributed by atoms with Gasteiger partial charge in [-0.25, -0.2) is 19.9 Å². The molecule has 0 spiro atoms. The molecule has 4 aromatic heterocycles. The number of H-pyrrole nitrogens is 4. The van der Waals surface area contributed by atoms with E-state index in [0.717, 1.165) is 54.6 Å². The zero-order valence-corrected chi connectivity index (χ0v) is 42.5. The summed E-state index contributed by atoms with van der Waals surface area (Å²) < 4.78 is 21.3. The summed E-state index contributed by atoms with van der Waals surface area (Å²) in [6, 6.07) is 50.3. The van der Waals surface area contributed by atoms with E-state index in [4.69, 9.17) is 21.8 Å². The normalized spacial score (nSPS) is 12.3. The van der Waals surface area contributed by atoms with Crippen LogP contribution in [0, 0.1) is 10.1 Å². The zero-order chi connectivity index (χ0) is 57.6. The van der Waals surface area contributed by atoms with Crippen molar-refractivity contribution in [3.63, 3.8) is 0 Å². The number of aromatic amines is 4. The fraction of sp³-hybridized carbons (Fsp3) is 0.0323. The Morgan fingerprint density at radius 2 is 0.915 bits per heavy atom. The number of aromatic hydroxyl groups is 2. The largest absolute Gasteiger partial charge is 0.507 e. The first-order valence-electron chi connectivity index (χ1n) is 25.8. The predicted octanol–water partition coefficient (Wildman–Crippen LogP) is 12.2. The van der Waals surface area contributed by atoms with E-state index in [1.165, 1.54) is 6.07 Å². The highest BCUT2D eigenvalue weighted by Crippen LogP contribution is 2.40. The number of nitrogens with zero attached hydrogens (tertiary/aromatic N) is 5.